The van der Waals surface area contributed by atoms with Crippen molar-refractivity contribution >= 4 is 29.0 Å². The SMILES string of the molecule is CCCNc1nc(OC2CCCC2)c(Cl)cc1Cl. The molecule has 0 unspecified atom stereocenters. The summed E-state index contributed by atoms with van der Waals surface area (Å²) in [5.41, 5.74) is 0. The van der Waals surface area contributed by atoms with Crippen molar-refractivity contribution in [2.45, 2.75) is 45.1 Å². The van der Waals surface area contributed by atoms with Crippen LogP contribution in [0.3, 0.4) is 0 Å². The molecule has 1 N–H and O–H groups in total. The van der Waals surface area contributed by atoms with E-state index in [-0.39, 0.29) is 6.10 Å². The maximum atomic E-state index is 6.11. The molecular formula is C13H18Cl2N2O. The van der Waals surface area contributed by atoms with Gasteiger partial charge in [0.25, 0.3) is 0 Å². The third-order valence-electron chi connectivity index (χ3n) is 3.02. The number of nitrogens with zero attached hydrogens (tertiary/aromatic N) is 1. The van der Waals surface area contributed by atoms with E-state index in [4.69, 9.17) is 27.9 Å². The molecular weight excluding hydrogens is 271 g/mol. The molecule has 0 aromatic carbocycles. The van der Waals surface area contributed by atoms with Crippen LogP contribution in [0.4, 0.5) is 5.82 Å². The Labute approximate surface area is 118 Å². The normalized spacial score (nSPS) is 15.9. The molecule has 1 heterocycles. The summed E-state index contributed by atoms with van der Waals surface area (Å²) in [6.07, 6.45) is 5.86. The molecule has 5 heteroatoms. The summed E-state index contributed by atoms with van der Waals surface area (Å²) in [5.74, 6) is 1.14. The monoisotopic (exact) mass is 288 g/mol. The minimum Gasteiger partial charge on any atom is -0.473 e. The molecule has 0 radical (unpaired) electrons. The second-order valence-electron chi connectivity index (χ2n) is 4.56. The Hall–Kier alpha value is -0.670. The first-order valence-corrected chi connectivity index (χ1v) is 7.23. The van der Waals surface area contributed by atoms with Crippen LogP contribution in [0.15, 0.2) is 6.07 Å². The van der Waals surface area contributed by atoms with Crippen molar-refractivity contribution in [3.63, 3.8) is 0 Å². The fourth-order valence-electron chi connectivity index (χ4n) is 2.06. The predicted molar refractivity (Wildman–Crippen MR) is 75.9 cm³/mol. The lowest BCUT2D eigenvalue weighted by Crippen LogP contribution is -2.13. The van der Waals surface area contributed by atoms with E-state index in [2.05, 4.69) is 17.2 Å². The van der Waals surface area contributed by atoms with Gasteiger partial charge >= 0.3 is 0 Å². The van der Waals surface area contributed by atoms with Crippen molar-refractivity contribution in [1.29, 1.82) is 0 Å². The van der Waals surface area contributed by atoms with Crippen LogP contribution in [-0.4, -0.2) is 17.6 Å². The van der Waals surface area contributed by atoms with Crippen molar-refractivity contribution in [2.24, 2.45) is 0 Å². The molecule has 1 aromatic rings. The molecule has 0 spiro atoms. The highest BCUT2D eigenvalue weighted by Crippen LogP contribution is 2.33. The third-order valence-corrected chi connectivity index (χ3v) is 3.58. The van der Waals surface area contributed by atoms with Gasteiger partial charge in [-0.2, -0.15) is 4.98 Å². The van der Waals surface area contributed by atoms with Crippen molar-refractivity contribution in [1.82, 2.24) is 4.98 Å². The zero-order valence-corrected chi connectivity index (χ0v) is 12.0. The first-order chi connectivity index (χ1) is 8.70. The van der Waals surface area contributed by atoms with E-state index in [0.717, 1.165) is 25.8 Å². The van der Waals surface area contributed by atoms with Crippen LogP contribution in [0.5, 0.6) is 5.88 Å². The van der Waals surface area contributed by atoms with Crippen molar-refractivity contribution in [3.8, 4) is 5.88 Å². The van der Waals surface area contributed by atoms with Gasteiger partial charge in [-0.15, -0.1) is 0 Å². The van der Waals surface area contributed by atoms with Gasteiger partial charge in [0.2, 0.25) is 5.88 Å². The summed E-state index contributed by atoms with van der Waals surface area (Å²) in [6.45, 7) is 2.92. The first kappa shape index (κ1) is 13.8. The van der Waals surface area contributed by atoms with Gasteiger partial charge in [0.05, 0.1) is 5.02 Å². The predicted octanol–water partition coefficient (Wildman–Crippen LogP) is 4.53. The van der Waals surface area contributed by atoms with E-state index >= 15 is 0 Å². The quantitative estimate of drug-likeness (QED) is 0.864. The molecule has 0 bridgehead atoms. The van der Waals surface area contributed by atoms with Gasteiger partial charge in [0.1, 0.15) is 16.9 Å². The molecule has 0 atom stereocenters. The van der Waals surface area contributed by atoms with Crippen LogP contribution in [0.2, 0.25) is 10.0 Å². The molecule has 18 heavy (non-hydrogen) atoms. The second kappa shape index (κ2) is 6.48. The smallest absolute Gasteiger partial charge is 0.234 e. The summed E-state index contributed by atoms with van der Waals surface area (Å²) >= 11 is 12.2. The number of anilines is 1. The molecule has 0 aliphatic heterocycles. The average molecular weight is 289 g/mol. The molecule has 3 nitrogen and oxygen atoms in total. The molecule has 1 fully saturated rings. The van der Waals surface area contributed by atoms with E-state index in [9.17, 15) is 0 Å². The zero-order valence-electron chi connectivity index (χ0n) is 10.5. The number of ether oxygens (including phenoxy) is 1. The van der Waals surface area contributed by atoms with Crippen LogP contribution in [0.1, 0.15) is 39.0 Å². The van der Waals surface area contributed by atoms with Crippen LogP contribution in [0, 0.1) is 0 Å². The zero-order chi connectivity index (χ0) is 13.0. The minimum absolute atomic E-state index is 0.246. The van der Waals surface area contributed by atoms with Gasteiger partial charge in [-0.1, -0.05) is 30.1 Å². The third kappa shape index (κ3) is 3.42. The average Bonchev–Trinajstić information content (AvgIpc) is 2.84. The fourth-order valence-corrected chi connectivity index (χ4v) is 2.53. The van der Waals surface area contributed by atoms with E-state index in [1.165, 1.54) is 12.8 Å². The number of halogens is 2. The maximum Gasteiger partial charge on any atom is 0.234 e. The Morgan fingerprint density at radius 3 is 2.72 bits per heavy atom. The molecule has 1 aliphatic carbocycles. The van der Waals surface area contributed by atoms with Crippen molar-refractivity contribution < 1.29 is 4.74 Å². The van der Waals surface area contributed by atoms with Crippen LogP contribution >= 0.6 is 23.2 Å². The lowest BCUT2D eigenvalue weighted by atomic mass is 10.3. The van der Waals surface area contributed by atoms with E-state index in [0.29, 0.717) is 21.7 Å². The highest BCUT2D eigenvalue weighted by atomic mass is 35.5. The highest BCUT2D eigenvalue weighted by Gasteiger charge is 2.19. The summed E-state index contributed by atoms with van der Waals surface area (Å²) < 4.78 is 5.84. The highest BCUT2D eigenvalue weighted by molar-refractivity contribution is 6.36. The van der Waals surface area contributed by atoms with Gasteiger partial charge in [0.15, 0.2) is 0 Å². The molecule has 0 saturated heterocycles. The molecule has 1 aromatic heterocycles. The Bertz CT molecular complexity index is 406. The van der Waals surface area contributed by atoms with E-state index < -0.39 is 0 Å². The summed E-state index contributed by atoms with van der Waals surface area (Å²) in [5, 5.41) is 4.19. The van der Waals surface area contributed by atoms with Gasteiger partial charge in [-0.05, 0) is 38.2 Å². The largest absolute Gasteiger partial charge is 0.473 e. The van der Waals surface area contributed by atoms with Crippen molar-refractivity contribution in [3.05, 3.63) is 16.1 Å². The van der Waals surface area contributed by atoms with Crippen LogP contribution < -0.4 is 10.1 Å². The minimum atomic E-state index is 0.246. The number of hydrogen-bond acceptors (Lipinski definition) is 3. The summed E-state index contributed by atoms with van der Waals surface area (Å²) in [4.78, 5) is 4.38. The van der Waals surface area contributed by atoms with Crippen LogP contribution in [0.25, 0.3) is 0 Å². The Morgan fingerprint density at radius 1 is 1.33 bits per heavy atom. The van der Waals surface area contributed by atoms with Gasteiger partial charge in [-0.25, -0.2) is 0 Å². The number of rotatable bonds is 5. The van der Waals surface area contributed by atoms with E-state index in [1.807, 2.05) is 0 Å². The molecule has 100 valence electrons. The lowest BCUT2D eigenvalue weighted by molar-refractivity contribution is 0.202. The molecule has 1 saturated carbocycles. The Balaban J connectivity index is 2.12. The molecule has 1 aliphatic rings. The standard InChI is InChI=1S/C13H18Cl2N2O/c1-2-7-16-12-10(14)8-11(15)13(17-12)18-9-5-3-4-6-9/h8-9H,2-7H2,1H3,(H,16,17). The number of hydrogen-bond donors (Lipinski definition) is 1. The fraction of sp³-hybridized carbons (Fsp3) is 0.615. The second-order valence-corrected chi connectivity index (χ2v) is 5.37. The van der Waals surface area contributed by atoms with E-state index in [1.54, 1.807) is 6.07 Å². The van der Waals surface area contributed by atoms with Crippen molar-refractivity contribution in [2.75, 3.05) is 11.9 Å². The summed E-state index contributed by atoms with van der Waals surface area (Å²) in [6, 6.07) is 1.69. The first-order valence-electron chi connectivity index (χ1n) is 6.47. The van der Waals surface area contributed by atoms with Gasteiger partial charge in [0, 0.05) is 6.54 Å². The Morgan fingerprint density at radius 2 is 2.06 bits per heavy atom. The summed E-state index contributed by atoms with van der Waals surface area (Å²) in [7, 11) is 0. The topological polar surface area (TPSA) is 34.2 Å². The lowest BCUT2D eigenvalue weighted by Gasteiger charge is -2.15. The van der Waals surface area contributed by atoms with Crippen LogP contribution in [-0.2, 0) is 0 Å². The van der Waals surface area contributed by atoms with Gasteiger partial charge < -0.3 is 10.1 Å². The number of aromatic nitrogens is 1. The molecule has 2 rings (SSSR count). The maximum absolute atomic E-state index is 6.11. The van der Waals surface area contributed by atoms with Gasteiger partial charge in [-0.3, -0.25) is 0 Å². The molecule has 0 amide bonds. The number of pyridine rings is 1. The Kier molecular flexibility index (Phi) is 4.95. The number of nitrogens with one attached hydrogen (secondary N) is 1.